The Bertz CT molecular complexity index is 414. The number of nitrogens with one attached hydrogen (secondary N) is 1. The Morgan fingerprint density at radius 1 is 1.10 bits per heavy atom. The normalized spacial score (nSPS) is 18.8. The monoisotopic (exact) mass is 298 g/mol. The molecule has 0 radical (unpaired) electrons. The molecule has 6 heteroatoms. The molecule has 1 saturated heterocycles. The standard InChI is InChI=1S/C15H26N2O4/c1-10(13(19)16-15(4,5)12(3)18)11(2)14(20)17-6-8-21-9-7-17/h10-11H,6-9H2,1-5H3,(H,16,19). The molecular weight excluding hydrogens is 272 g/mol. The molecule has 21 heavy (non-hydrogen) atoms. The third-order valence-corrected chi connectivity index (χ3v) is 4.19. The molecule has 0 bridgehead atoms. The van der Waals surface area contributed by atoms with Crippen molar-refractivity contribution in [3.05, 3.63) is 0 Å². The molecule has 0 aromatic heterocycles. The summed E-state index contributed by atoms with van der Waals surface area (Å²) in [5.74, 6) is -1.34. The first kappa shape index (κ1) is 17.6. The van der Waals surface area contributed by atoms with Crippen molar-refractivity contribution in [2.24, 2.45) is 11.8 Å². The molecule has 0 aliphatic carbocycles. The van der Waals surface area contributed by atoms with Crippen LogP contribution in [0.25, 0.3) is 0 Å². The molecule has 0 aromatic rings. The number of ketones is 1. The average molecular weight is 298 g/mol. The summed E-state index contributed by atoms with van der Waals surface area (Å²) < 4.78 is 5.22. The van der Waals surface area contributed by atoms with E-state index in [1.54, 1.807) is 32.6 Å². The summed E-state index contributed by atoms with van der Waals surface area (Å²) in [5.41, 5.74) is -0.910. The van der Waals surface area contributed by atoms with E-state index in [-0.39, 0.29) is 17.6 Å². The number of ether oxygens (including phenoxy) is 1. The quantitative estimate of drug-likeness (QED) is 0.806. The number of Topliss-reactive ketones (excluding diaryl/α,β-unsaturated/α-hetero) is 1. The second-order valence-corrected chi connectivity index (χ2v) is 6.19. The third kappa shape index (κ3) is 4.52. The van der Waals surface area contributed by atoms with Gasteiger partial charge in [-0.2, -0.15) is 0 Å². The van der Waals surface area contributed by atoms with Gasteiger partial charge in [-0.1, -0.05) is 13.8 Å². The Labute approximate surface area is 126 Å². The van der Waals surface area contributed by atoms with Crippen LogP contribution in [-0.2, 0) is 19.1 Å². The molecule has 120 valence electrons. The number of rotatable bonds is 5. The van der Waals surface area contributed by atoms with Gasteiger partial charge in [0.05, 0.1) is 18.8 Å². The lowest BCUT2D eigenvalue weighted by Crippen LogP contribution is -2.52. The van der Waals surface area contributed by atoms with Gasteiger partial charge in [0, 0.05) is 24.9 Å². The fraction of sp³-hybridized carbons (Fsp3) is 0.800. The summed E-state index contributed by atoms with van der Waals surface area (Å²) in [5, 5.41) is 2.71. The lowest BCUT2D eigenvalue weighted by atomic mass is 9.91. The molecule has 6 nitrogen and oxygen atoms in total. The Morgan fingerprint density at radius 2 is 1.62 bits per heavy atom. The number of morpholine rings is 1. The number of amides is 2. The van der Waals surface area contributed by atoms with E-state index in [2.05, 4.69) is 5.32 Å². The van der Waals surface area contributed by atoms with E-state index < -0.39 is 17.4 Å². The zero-order valence-electron chi connectivity index (χ0n) is 13.6. The van der Waals surface area contributed by atoms with Crippen LogP contribution in [0.5, 0.6) is 0 Å². The molecule has 2 amide bonds. The Hall–Kier alpha value is -1.43. The Kier molecular flexibility index (Phi) is 5.89. The number of hydrogen-bond donors (Lipinski definition) is 1. The number of hydrogen-bond acceptors (Lipinski definition) is 4. The maximum Gasteiger partial charge on any atom is 0.226 e. The van der Waals surface area contributed by atoms with Crippen molar-refractivity contribution in [1.29, 1.82) is 0 Å². The highest BCUT2D eigenvalue weighted by Crippen LogP contribution is 2.17. The highest BCUT2D eigenvalue weighted by atomic mass is 16.5. The lowest BCUT2D eigenvalue weighted by molar-refractivity contribution is -0.144. The maximum atomic E-state index is 12.4. The molecular formula is C15H26N2O4. The molecule has 0 saturated carbocycles. The van der Waals surface area contributed by atoms with Gasteiger partial charge in [-0.15, -0.1) is 0 Å². The molecule has 0 spiro atoms. The summed E-state index contributed by atoms with van der Waals surface area (Å²) in [6, 6.07) is 0. The summed E-state index contributed by atoms with van der Waals surface area (Å²) in [4.78, 5) is 37.8. The average Bonchev–Trinajstić information content (AvgIpc) is 2.45. The fourth-order valence-electron chi connectivity index (χ4n) is 2.02. The molecule has 1 fully saturated rings. The first-order valence-electron chi connectivity index (χ1n) is 7.36. The summed E-state index contributed by atoms with van der Waals surface area (Å²) >= 11 is 0. The third-order valence-electron chi connectivity index (χ3n) is 4.19. The molecule has 1 aliphatic heterocycles. The van der Waals surface area contributed by atoms with Crippen LogP contribution in [0.4, 0.5) is 0 Å². The van der Waals surface area contributed by atoms with Crippen LogP contribution in [0.1, 0.15) is 34.6 Å². The highest BCUT2D eigenvalue weighted by Gasteiger charge is 2.34. The van der Waals surface area contributed by atoms with Crippen LogP contribution in [0, 0.1) is 11.8 Å². The minimum atomic E-state index is -0.910. The van der Waals surface area contributed by atoms with E-state index in [4.69, 9.17) is 4.74 Å². The number of carbonyl (C=O) groups excluding carboxylic acids is 3. The van der Waals surface area contributed by atoms with Crippen molar-refractivity contribution >= 4 is 17.6 Å². The number of carbonyl (C=O) groups is 3. The van der Waals surface area contributed by atoms with Gasteiger partial charge in [-0.25, -0.2) is 0 Å². The van der Waals surface area contributed by atoms with Crippen LogP contribution < -0.4 is 5.32 Å². The van der Waals surface area contributed by atoms with E-state index in [0.717, 1.165) is 0 Å². The molecule has 0 aromatic carbocycles. The van der Waals surface area contributed by atoms with Crippen molar-refractivity contribution in [3.63, 3.8) is 0 Å². The minimum Gasteiger partial charge on any atom is -0.378 e. The smallest absolute Gasteiger partial charge is 0.226 e. The molecule has 2 unspecified atom stereocenters. The van der Waals surface area contributed by atoms with Crippen molar-refractivity contribution in [2.45, 2.75) is 40.2 Å². The second kappa shape index (κ2) is 7.02. The van der Waals surface area contributed by atoms with E-state index in [9.17, 15) is 14.4 Å². The molecule has 1 heterocycles. The Balaban J connectivity index is 2.64. The van der Waals surface area contributed by atoms with Gasteiger partial charge in [-0.05, 0) is 20.8 Å². The van der Waals surface area contributed by atoms with Gasteiger partial charge in [0.1, 0.15) is 0 Å². The highest BCUT2D eigenvalue weighted by molar-refractivity contribution is 5.93. The summed E-state index contributed by atoms with van der Waals surface area (Å²) in [6.07, 6.45) is 0. The molecule has 1 aliphatic rings. The van der Waals surface area contributed by atoms with Crippen LogP contribution in [0.15, 0.2) is 0 Å². The van der Waals surface area contributed by atoms with Gasteiger partial charge < -0.3 is 15.0 Å². The number of nitrogens with zero attached hydrogens (tertiary/aromatic N) is 1. The SMILES string of the molecule is CC(=O)C(C)(C)NC(=O)C(C)C(C)C(=O)N1CCOCC1. The van der Waals surface area contributed by atoms with Gasteiger partial charge >= 0.3 is 0 Å². The van der Waals surface area contributed by atoms with Gasteiger partial charge in [0.25, 0.3) is 0 Å². The Morgan fingerprint density at radius 3 is 2.10 bits per heavy atom. The largest absolute Gasteiger partial charge is 0.378 e. The zero-order valence-corrected chi connectivity index (χ0v) is 13.6. The molecule has 1 N–H and O–H groups in total. The summed E-state index contributed by atoms with van der Waals surface area (Å²) in [6.45, 7) is 10.4. The van der Waals surface area contributed by atoms with Gasteiger partial charge in [-0.3, -0.25) is 14.4 Å². The van der Waals surface area contributed by atoms with Crippen LogP contribution in [0.2, 0.25) is 0 Å². The van der Waals surface area contributed by atoms with E-state index in [1.807, 2.05) is 0 Å². The summed E-state index contributed by atoms with van der Waals surface area (Å²) in [7, 11) is 0. The van der Waals surface area contributed by atoms with Gasteiger partial charge in [0.2, 0.25) is 11.8 Å². The van der Waals surface area contributed by atoms with Crippen LogP contribution in [-0.4, -0.2) is 54.3 Å². The first-order valence-corrected chi connectivity index (χ1v) is 7.36. The predicted octanol–water partition coefficient (Wildman–Crippen LogP) is 0.601. The lowest BCUT2D eigenvalue weighted by Gasteiger charge is -2.32. The van der Waals surface area contributed by atoms with Crippen LogP contribution >= 0.6 is 0 Å². The maximum absolute atomic E-state index is 12.4. The minimum absolute atomic E-state index is 0.0402. The van der Waals surface area contributed by atoms with E-state index in [0.29, 0.717) is 26.3 Å². The topological polar surface area (TPSA) is 75.7 Å². The molecule has 2 atom stereocenters. The first-order chi connectivity index (χ1) is 9.66. The van der Waals surface area contributed by atoms with Crippen molar-refractivity contribution in [1.82, 2.24) is 10.2 Å². The fourth-order valence-corrected chi connectivity index (χ4v) is 2.02. The molecule has 1 rings (SSSR count). The van der Waals surface area contributed by atoms with Crippen molar-refractivity contribution in [3.8, 4) is 0 Å². The van der Waals surface area contributed by atoms with E-state index >= 15 is 0 Å². The zero-order chi connectivity index (χ0) is 16.2. The second-order valence-electron chi connectivity index (χ2n) is 6.19. The van der Waals surface area contributed by atoms with Crippen molar-refractivity contribution in [2.75, 3.05) is 26.3 Å². The van der Waals surface area contributed by atoms with Crippen LogP contribution in [0.3, 0.4) is 0 Å². The van der Waals surface area contributed by atoms with E-state index in [1.165, 1.54) is 6.92 Å². The van der Waals surface area contributed by atoms with Gasteiger partial charge in [0.15, 0.2) is 5.78 Å². The predicted molar refractivity (Wildman–Crippen MR) is 78.6 cm³/mol. The van der Waals surface area contributed by atoms with Crippen molar-refractivity contribution < 1.29 is 19.1 Å².